The molecule has 4 aromatic heterocycles. The van der Waals surface area contributed by atoms with Crippen LogP contribution in [0.25, 0.3) is 44.7 Å². The number of carbonyl (C=O) groups is 4. The highest BCUT2D eigenvalue weighted by molar-refractivity contribution is 7.59. The van der Waals surface area contributed by atoms with Crippen molar-refractivity contribution in [1.29, 1.82) is 0 Å². The molecule has 0 aliphatic carbocycles. The third-order valence-corrected chi connectivity index (χ3v) is 14.2. The van der Waals surface area contributed by atoms with Gasteiger partial charge >= 0.3 is 12.2 Å². The Balaban J connectivity index is 0.00000241. The molecule has 0 bridgehead atoms. The van der Waals surface area contributed by atoms with Crippen LogP contribution < -0.4 is 15.4 Å². The Hall–Kier alpha value is -5.43. The van der Waals surface area contributed by atoms with Crippen LogP contribution in [0, 0.1) is 17.7 Å². The number of thiophene rings is 1. The van der Waals surface area contributed by atoms with Gasteiger partial charge in [-0.05, 0) is 80.0 Å². The van der Waals surface area contributed by atoms with Gasteiger partial charge in [-0.25, -0.2) is 32.7 Å². The topological polar surface area (TPSA) is 189 Å². The molecule has 0 spiro atoms. The molecule has 3 aliphatic heterocycles. The number of nitrogens with zero attached hydrogens (tertiary/aromatic N) is 5. The number of H-pyrrole nitrogens is 2. The lowest BCUT2D eigenvalue weighted by molar-refractivity contribution is -0.136. The highest BCUT2D eigenvalue weighted by Gasteiger charge is 2.40. The standard InChI is InChI=1S/C48H52F3N9O7S.4H2S/c1-23(2)39(56-47(63)65-5)44(61)58-15-7-9-32(58)42-52-21-29(54-42)25-11-12-31-27(17-25)19-34-38-28(49)18-26(20-35(38)67-46(60(31)34)37-14-13-36(68-37)41(50)51)30-22-53-43(55-30)33-10-8-16-59(33)45(62)40(24(3)4)57-48(64)66-6;;;;/h11-14,17-24,32-33,39-41,46H,7-10,15-16H2,1-6H3,(H,52,54)(H,53,55)(H,56,63)(H,57,64);4*1H2/t32-,33-,39-,40-,46?;;;;/m0..../s1. The summed E-state index contributed by atoms with van der Waals surface area (Å²) in [7, 11) is 2.49. The van der Waals surface area contributed by atoms with Crippen molar-refractivity contribution in [2.45, 2.75) is 90.2 Å². The molecule has 2 aromatic carbocycles. The Morgan fingerprint density at radius 3 is 1.79 bits per heavy atom. The average Bonchev–Trinajstić information content (AvgIpc) is 4.18. The number of methoxy groups -OCH3 is 2. The second kappa shape index (κ2) is 23.6. The molecule has 3 aliphatic rings. The second-order valence-corrected chi connectivity index (χ2v) is 19.1. The van der Waals surface area contributed by atoms with E-state index in [4.69, 9.17) is 19.2 Å². The molecule has 7 heterocycles. The largest absolute Gasteiger partial charge is 0.464 e. The zero-order valence-electron chi connectivity index (χ0n) is 40.3. The molecular formula is C48H60F3N9O7S5. The number of rotatable bonds is 12. The van der Waals surface area contributed by atoms with E-state index in [1.165, 1.54) is 26.4 Å². The van der Waals surface area contributed by atoms with E-state index in [2.05, 4.69) is 25.6 Å². The number of nitrogens with one attached hydrogen (secondary N) is 4. The van der Waals surface area contributed by atoms with Gasteiger partial charge in [0.05, 0.1) is 76.6 Å². The minimum absolute atomic E-state index is 0. The molecular weight excluding hydrogens is 1030 g/mol. The normalized spacial score (nSPS) is 17.7. The van der Waals surface area contributed by atoms with Crippen LogP contribution in [0.5, 0.6) is 5.75 Å². The predicted molar refractivity (Wildman–Crippen MR) is 288 cm³/mol. The molecule has 4 N–H and O–H groups in total. The van der Waals surface area contributed by atoms with Crippen LogP contribution in [0.1, 0.15) is 99.5 Å². The average molecular weight is 1090 g/mol. The van der Waals surface area contributed by atoms with Crippen molar-refractivity contribution in [2.24, 2.45) is 11.8 Å². The van der Waals surface area contributed by atoms with Gasteiger partial charge < -0.3 is 44.6 Å². The van der Waals surface area contributed by atoms with Gasteiger partial charge in [0.2, 0.25) is 18.0 Å². The fourth-order valence-electron chi connectivity index (χ4n) is 9.60. The lowest BCUT2D eigenvalue weighted by atomic mass is 10.0. The van der Waals surface area contributed by atoms with E-state index in [0.29, 0.717) is 77.0 Å². The first-order chi connectivity index (χ1) is 32.6. The predicted octanol–water partition coefficient (Wildman–Crippen LogP) is 9.71. The zero-order valence-corrected chi connectivity index (χ0v) is 45.1. The molecule has 0 radical (unpaired) electrons. The second-order valence-electron chi connectivity index (χ2n) is 18.0. The van der Waals surface area contributed by atoms with Crippen LogP contribution in [-0.2, 0) is 19.1 Å². The number of aromatic nitrogens is 5. The summed E-state index contributed by atoms with van der Waals surface area (Å²) in [5.41, 5.74) is 3.70. The van der Waals surface area contributed by atoms with E-state index in [1.54, 1.807) is 34.3 Å². The van der Waals surface area contributed by atoms with Crippen molar-refractivity contribution in [2.75, 3.05) is 27.3 Å². The van der Waals surface area contributed by atoms with Gasteiger partial charge in [-0.3, -0.25) is 14.2 Å². The SMILES string of the molecule is COC(=O)N[C@H](C(=O)N1CCC[C@H]1c1ncc(-c2cc(F)c3c(c2)OC(c2ccc(C(F)F)s2)n2c-3cc3cc(-c4cnc([C@@H]5CCCN5C(=O)[C@@H](NC(=O)OC)C(C)C)[nH]4)ccc32)[nH]1)C(C)C.S.S.S.S. The van der Waals surface area contributed by atoms with Crippen LogP contribution in [0.3, 0.4) is 0 Å². The molecule has 2 fully saturated rings. The molecule has 9 rings (SSSR count). The monoisotopic (exact) mass is 1090 g/mol. The van der Waals surface area contributed by atoms with E-state index >= 15 is 4.39 Å². The molecule has 72 heavy (non-hydrogen) atoms. The number of benzene rings is 2. The first-order valence-corrected chi connectivity index (χ1v) is 23.4. The maximum absolute atomic E-state index is 16.8. The molecule has 2 saturated heterocycles. The number of aromatic amines is 2. The summed E-state index contributed by atoms with van der Waals surface area (Å²) in [6, 6.07) is 11.3. The first kappa shape index (κ1) is 57.5. The fraction of sp³-hybridized carbons (Fsp3) is 0.417. The number of likely N-dealkylation sites (tertiary alicyclic amines) is 2. The minimum atomic E-state index is -2.69. The molecule has 16 nitrogen and oxygen atoms in total. The van der Waals surface area contributed by atoms with Gasteiger partial charge in [0.25, 0.3) is 6.43 Å². The fourth-order valence-corrected chi connectivity index (χ4v) is 10.5. The minimum Gasteiger partial charge on any atom is -0.464 e. The Morgan fingerprint density at radius 1 is 0.750 bits per heavy atom. The molecule has 390 valence electrons. The lowest BCUT2D eigenvalue weighted by Gasteiger charge is -2.30. The third-order valence-electron chi connectivity index (χ3n) is 13.0. The van der Waals surface area contributed by atoms with Crippen molar-refractivity contribution in [3.63, 3.8) is 0 Å². The van der Waals surface area contributed by atoms with Gasteiger partial charge in [0.15, 0.2) is 0 Å². The maximum Gasteiger partial charge on any atom is 0.407 e. The van der Waals surface area contributed by atoms with Crippen LogP contribution >= 0.6 is 65.3 Å². The van der Waals surface area contributed by atoms with Gasteiger partial charge in [0, 0.05) is 29.6 Å². The Labute approximate surface area is 446 Å². The summed E-state index contributed by atoms with van der Waals surface area (Å²) in [6.07, 6.45) is 1.04. The number of fused-ring (bicyclic) bond motifs is 5. The van der Waals surface area contributed by atoms with Crippen LogP contribution in [0.4, 0.5) is 22.8 Å². The van der Waals surface area contributed by atoms with E-state index in [-0.39, 0.29) is 99.9 Å². The van der Waals surface area contributed by atoms with E-state index in [9.17, 15) is 28.0 Å². The number of halogens is 3. The maximum atomic E-state index is 16.8. The Morgan fingerprint density at radius 2 is 1.29 bits per heavy atom. The van der Waals surface area contributed by atoms with Gasteiger partial charge in [0.1, 0.15) is 35.3 Å². The summed E-state index contributed by atoms with van der Waals surface area (Å²) in [6.45, 7) is 8.35. The highest BCUT2D eigenvalue weighted by atomic mass is 32.1. The number of alkyl carbamates (subject to hydrolysis) is 2. The quantitative estimate of drug-likeness (QED) is 0.0925. The van der Waals surface area contributed by atoms with Crippen LogP contribution in [0.15, 0.2) is 60.9 Å². The smallest absolute Gasteiger partial charge is 0.407 e. The zero-order chi connectivity index (χ0) is 48.1. The summed E-state index contributed by atoms with van der Waals surface area (Å²) in [5, 5.41) is 6.05. The Bertz CT molecular complexity index is 2910. The number of imidazole rings is 2. The van der Waals surface area contributed by atoms with Crippen molar-refractivity contribution < 1.29 is 46.6 Å². The van der Waals surface area contributed by atoms with Crippen molar-refractivity contribution in [3.8, 4) is 39.5 Å². The Kier molecular flexibility index (Phi) is 18.9. The van der Waals surface area contributed by atoms with Crippen molar-refractivity contribution in [1.82, 2.24) is 44.9 Å². The lowest BCUT2D eigenvalue weighted by Crippen LogP contribution is -2.51. The molecule has 24 heteroatoms. The number of hydrogen-bond acceptors (Lipinski definition) is 10. The number of ether oxygens (including phenoxy) is 3. The molecule has 6 aromatic rings. The van der Waals surface area contributed by atoms with E-state index in [1.807, 2.05) is 56.5 Å². The van der Waals surface area contributed by atoms with Crippen molar-refractivity contribution in [3.05, 3.63) is 88.1 Å². The van der Waals surface area contributed by atoms with Gasteiger partial charge in [-0.1, -0.05) is 33.8 Å². The summed E-state index contributed by atoms with van der Waals surface area (Å²) < 4.78 is 62.8. The summed E-state index contributed by atoms with van der Waals surface area (Å²) in [5.74, 6) is -0.166. The summed E-state index contributed by atoms with van der Waals surface area (Å²) >= 11 is 0.918. The molecule has 0 saturated carbocycles. The van der Waals surface area contributed by atoms with Gasteiger partial charge in [-0.15, -0.1) is 11.3 Å². The van der Waals surface area contributed by atoms with Crippen molar-refractivity contribution >= 4 is 100 Å². The van der Waals surface area contributed by atoms with E-state index < -0.39 is 48.8 Å². The number of carbonyl (C=O) groups excluding carboxylic acids is 4. The van der Waals surface area contributed by atoms with E-state index in [0.717, 1.165) is 28.7 Å². The first-order valence-electron chi connectivity index (χ1n) is 22.6. The van der Waals surface area contributed by atoms with Crippen LogP contribution in [0.2, 0.25) is 0 Å². The highest BCUT2D eigenvalue weighted by Crippen LogP contribution is 2.49. The number of amides is 4. The molecule has 1 unspecified atom stereocenters. The summed E-state index contributed by atoms with van der Waals surface area (Å²) in [4.78, 5) is 71.6. The number of hydrogen-bond donors (Lipinski definition) is 4. The molecule has 4 amide bonds. The van der Waals surface area contributed by atoms with Gasteiger partial charge in [-0.2, -0.15) is 54.0 Å². The number of alkyl halides is 2. The van der Waals surface area contributed by atoms with Crippen LogP contribution in [-0.4, -0.2) is 97.7 Å². The third kappa shape index (κ3) is 10.9. The molecule has 5 atom stereocenters.